The maximum Gasteiger partial charge on any atom is 0.418 e. The summed E-state index contributed by atoms with van der Waals surface area (Å²) in [4.78, 5) is 26.2. The average Bonchev–Trinajstić information content (AvgIpc) is 3.22. The fourth-order valence-corrected chi connectivity index (χ4v) is 5.42. The lowest BCUT2D eigenvalue weighted by Crippen LogP contribution is -2.46. The standard InChI is InChI=1S/C29H27F3N6O/c1-3-36-11-13-37(14-12-36)25-9-7-21(16-23(25)29(30,31)32)38-27-22-15-19(20-5-4-10-33-17-20)6-8-24(22)34-18-26(27)35(2)28(38)39/h4-10,15-18H,3,11-14H2,1-2H3. The number of fused-ring (bicyclic) bond motifs is 3. The van der Waals surface area contributed by atoms with Gasteiger partial charge in [0.25, 0.3) is 0 Å². The van der Waals surface area contributed by atoms with E-state index in [4.69, 9.17) is 0 Å². The lowest BCUT2D eigenvalue weighted by atomic mass is 10.0. The summed E-state index contributed by atoms with van der Waals surface area (Å²) >= 11 is 0. The first-order valence-corrected chi connectivity index (χ1v) is 12.9. The molecular formula is C29H27F3N6O. The van der Waals surface area contributed by atoms with Crippen LogP contribution < -0.4 is 10.6 Å². The number of aromatic nitrogens is 4. The predicted molar refractivity (Wildman–Crippen MR) is 146 cm³/mol. The summed E-state index contributed by atoms with van der Waals surface area (Å²) < 4.78 is 46.0. The molecule has 0 saturated carbocycles. The summed E-state index contributed by atoms with van der Waals surface area (Å²) in [5.41, 5.74) is 2.54. The van der Waals surface area contributed by atoms with E-state index in [1.54, 1.807) is 36.6 Å². The Balaban J connectivity index is 1.55. The number of piperazine rings is 1. The fraction of sp³-hybridized carbons (Fsp3) is 0.276. The molecular weight excluding hydrogens is 505 g/mol. The third kappa shape index (κ3) is 4.34. The van der Waals surface area contributed by atoms with E-state index in [0.717, 1.165) is 23.7 Å². The number of alkyl halides is 3. The first-order valence-electron chi connectivity index (χ1n) is 12.9. The number of hydrogen-bond donors (Lipinski definition) is 0. The van der Waals surface area contributed by atoms with Crippen molar-refractivity contribution in [2.24, 2.45) is 7.05 Å². The molecule has 200 valence electrons. The van der Waals surface area contributed by atoms with E-state index in [0.29, 0.717) is 48.1 Å². The Labute approximate surface area is 222 Å². The van der Waals surface area contributed by atoms with Crippen molar-refractivity contribution < 1.29 is 13.2 Å². The van der Waals surface area contributed by atoms with Crippen LogP contribution in [0.5, 0.6) is 0 Å². The smallest absolute Gasteiger partial charge is 0.368 e. The molecule has 0 aliphatic carbocycles. The molecule has 0 unspecified atom stereocenters. The highest BCUT2D eigenvalue weighted by Crippen LogP contribution is 2.39. The highest BCUT2D eigenvalue weighted by atomic mass is 19.4. The zero-order valence-corrected chi connectivity index (χ0v) is 21.6. The number of halogens is 3. The molecule has 3 aromatic heterocycles. The second kappa shape index (κ2) is 9.53. The van der Waals surface area contributed by atoms with Crippen LogP contribution >= 0.6 is 0 Å². The van der Waals surface area contributed by atoms with Gasteiger partial charge in [-0.1, -0.05) is 19.1 Å². The molecule has 1 fully saturated rings. The van der Waals surface area contributed by atoms with Gasteiger partial charge >= 0.3 is 11.9 Å². The molecule has 5 aromatic rings. The summed E-state index contributed by atoms with van der Waals surface area (Å²) in [7, 11) is 1.60. The Morgan fingerprint density at radius 2 is 1.74 bits per heavy atom. The van der Waals surface area contributed by atoms with Gasteiger partial charge in [-0.3, -0.25) is 19.1 Å². The van der Waals surface area contributed by atoms with Gasteiger partial charge in [0.1, 0.15) is 0 Å². The Kier molecular flexibility index (Phi) is 6.14. The minimum atomic E-state index is -4.58. The molecule has 1 aliphatic heterocycles. The molecule has 6 rings (SSSR count). The molecule has 0 N–H and O–H groups in total. The van der Waals surface area contributed by atoms with E-state index >= 15 is 0 Å². The lowest BCUT2D eigenvalue weighted by Gasteiger charge is -2.36. The predicted octanol–water partition coefficient (Wildman–Crippen LogP) is 5.10. The van der Waals surface area contributed by atoms with Crippen molar-refractivity contribution in [1.82, 2.24) is 24.0 Å². The van der Waals surface area contributed by atoms with E-state index in [2.05, 4.69) is 14.9 Å². The van der Waals surface area contributed by atoms with Gasteiger partial charge in [0.15, 0.2) is 0 Å². The minimum absolute atomic E-state index is 0.140. The molecule has 39 heavy (non-hydrogen) atoms. The molecule has 1 saturated heterocycles. The molecule has 0 atom stereocenters. The Bertz CT molecular complexity index is 1730. The zero-order valence-electron chi connectivity index (χ0n) is 21.6. The molecule has 2 aromatic carbocycles. The van der Waals surface area contributed by atoms with Gasteiger partial charge in [-0.15, -0.1) is 0 Å². The molecule has 0 spiro atoms. The van der Waals surface area contributed by atoms with Crippen LogP contribution in [0.15, 0.2) is 71.9 Å². The molecule has 0 amide bonds. The van der Waals surface area contributed by atoms with Crippen LogP contribution in [-0.2, 0) is 13.2 Å². The van der Waals surface area contributed by atoms with Gasteiger partial charge in [0, 0.05) is 62.3 Å². The minimum Gasteiger partial charge on any atom is -0.368 e. The van der Waals surface area contributed by atoms with Crippen LogP contribution in [0.4, 0.5) is 18.9 Å². The quantitative estimate of drug-likeness (QED) is 0.322. The van der Waals surface area contributed by atoms with Gasteiger partial charge in [0.05, 0.1) is 34.0 Å². The van der Waals surface area contributed by atoms with Crippen LogP contribution in [0.2, 0.25) is 0 Å². The molecule has 0 bridgehead atoms. The number of benzene rings is 2. The third-order valence-electron chi connectivity index (χ3n) is 7.58. The van der Waals surface area contributed by atoms with Crippen molar-refractivity contribution in [3.63, 3.8) is 0 Å². The van der Waals surface area contributed by atoms with Crippen molar-refractivity contribution in [2.75, 3.05) is 37.6 Å². The van der Waals surface area contributed by atoms with Crippen LogP contribution in [-0.4, -0.2) is 56.7 Å². The molecule has 1 aliphatic rings. The number of pyridine rings is 2. The largest absolute Gasteiger partial charge is 0.418 e. The van der Waals surface area contributed by atoms with Crippen LogP contribution in [0.1, 0.15) is 12.5 Å². The van der Waals surface area contributed by atoms with Crippen LogP contribution in [0.25, 0.3) is 38.8 Å². The summed E-state index contributed by atoms with van der Waals surface area (Å²) in [5.74, 6) is 0. The maximum atomic E-state index is 14.4. The van der Waals surface area contributed by atoms with Gasteiger partial charge in [-0.2, -0.15) is 13.2 Å². The van der Waals surface area contributed by atoms with Gasteiger partial charge in [0.2, 0.25) is 0 Å². The van der Waals surface area contributed by atoms with E-state index < -0.39 is 17.4 Å². The first-order chi connectivity index (χ1) is 18.8. The Morgan fingerprint density at radius 3 is 2.44 bits per heavy atom. The van der Waals surface area contributed by atoms with Crippen molar-refractivity contribution in [1.29, 1.82) is 0 Å². The number of rotatable bonds is 4. The maximum absolute atomic E-state index is 14.4. The number of anilines is 1. The lowest BCUT2D eigenvalue weighted by molar-refractivity contribution is -0.137. The van der Waals surface area contributed by atoms with E-state index in [9.17, 15) is 18.0 Å². The summed E-state index contributed by atoms with van der Waals surface area (Å²) in [5, 5.41) is 0.667. The second-order valence-corrected chi connectivity index (χ2v) is 9.76. The molecule has 7 nitrogen and oxygen atoms in total. The molecule has 10 heteroatoms. The van der Waals surface area contributed by atoms with E-state index in [-0.39, 0.29) is 11.4 Å². The van der Waals surface area contributed by atoms with E-state index in [1.807, 2.05) is 37.3 Å². The Morgan fingerprint density at radius 1 is 0.949 bits per heavy atom. The van der Waals surface area contributed by atoms with E-state index in [1.165, 1.54) is 15.2 Å². The first kappa shape index (κ1) is 25.1. The van der Waals surface area contributed by atoms with Crippen LogP contribution in [0, 0.1) is 0 Å². The number of nitrogens with zero attached hydrogens (tertiary/aromatic N) is 6. The summed E-state index contributed by atoms with van der Waals surface area (Å²) in [6.07, 6.45) is 0.427. The van der Waals surface area contributed by atoms with Crippen molar-refractivity contribution in [2.45, 2.75) is 13.1 Å². The topological polar surface area (TPSA) is 59.2 Å². The monoisotopic (exact) mass is 532 g/mol. The van der Waals surface area contributed by atoms with Gasteiger partial charge < -0.3 is 9.80 Å². The fourth-order valence-electron chi connectivity index (χ4n) is 5.42. The highest BCUT2D eigenvalue weighted by molar-refractivity contribution is 6.04. The number of hydrogen-bond acceptors (Lipinski definition) is 5. The Hall–Kier alpha value is -4.18. The van der Waals surface area contributed by atoms with Crippen molar-refractivity contribution in [3.8, 4) is 16.8 Å². The SMILES string of the molecule is CCN1CCN(c2ccc(-n3c(=O)n(C)c4cnc5ccc(-c6cccnc6)cc5c43)cc2C(F)(F)F)CC1. The van der Waals surface area contributed by atoms with Crippen molar-refractivity contribution in [3.05, 3.63) is 83.2 Å². The van der Waals surface area contributed by atoms with Crippen molar-refractivity contribution >= 4 is 27.6 Å². The molecule has 0 radical (unpaired) electrons. The zero-order chi connectivity index (χ0) is 27.3. The number of likely N-dealkylation sites (N-methyl/N-ethyl adjacent to an activating group) is 1. The summed E-state index contributed by atoms with van der Waals surface area (Å²) in [6.45, 7) is 5.35. The van der Waals surface area contributed by atoms with Gasteiger partial charge in [-0.25, -0.2) is 4.79 Å². The second-order valence-electron chi connectivity index (χ2n) is 9.76. The number of aryl methyl sites for hydroxylation is 1. The normalized spacial score (nSPS) is 14.9. The van der Waals surface area contributed by atoms with Gasteiger partial charge in [-0.05, 0) is 48.5 Å². The average molecular weight is 533 g/mol. The summed E-state index contributed by atoms with van der Waals surface area (Å²) in [6, 6.07) is 13.6. The molecule has 4 heterocycles. The third-order valence-corrected chi connectivity index (χ3v) is 7.58. The van der Waals surface area contributed by atoms with Crippen LogP contribution in [0.3, 0.4) is 0 Å². The number of imidazole rings is 1. The highest BCUT2D eigenvalue weighted by Gasteiger charge is 2.36.